The fourth-order valence-electron chi connectivity index (χ4n) is 1.84. The molecule has 20 heavy (non-hydrogen) atoms. The molecular formula is C12H21ClN4O2S. The maximum Gasteiger partial charge on any atom is 0.255 e. The molecule has 0 radical (unpaired) electrons. The summed E-state index contributed by atoms with van der Waals surface area (Å²) >= 11 is 1.20. The van der Waals surface area contributed by atoms with E-state index in [1.807, 2.05) is 20.8 Å². The molecule has 1 saturated heterocycles. The van der Waals surface area contributed by atoms with Crippen LogP contribution in [0.25, 0.3) is 0 Å². The summed E-state index contributed by atoms with van der Waals surface area (Å²) in [6, 6.07) is 0. The first-order chi connectivity index (χ1) is 8.90. The van der Waals surface area contributed by atoms with Crippen molar-refractivity contribution in [2.24, 2.45) is 5.73 Å². The van der Waals surface area contributed by atoms with Crippen LogP contribution in [0.2, 0.25) is 0 Å². The smallest absolute Gasteiger partial charge is 0.255 e. The van der Waals surface area contributed by atoms with Crippen LogP contribution < -0.4 is 11.1 Å². The summed E-state index contributed by atoms with van der Waals surface area (Å²) < 4.78 is 9.79. The van der Waals surface area contributed by atoms with Crippen LogP contribution in [0, 0.1) is 0 Å². The topological polar surface area (TPSA) is 90.1 Å². The van der Waals surface area contributed by atoms with E-state index in [9.17, 15) is 4.79 Å². The van der Waals surface area contributed by atoms with Crippen LogP contribution in [-0.2, 0) is 14.9 Å². The van der Waals surface area contributed by atoms with E-state index in [0.29, 0.717) is 18.1 Å². The number of rotatable bonds is 3. The summed E-state index contributed by atoms with van der Waals surface area (Å²) in [5, 5.41) is 3.28. The zero-order valence-electron chi connectivity index (χ0n) is 11.9. The normalized spacial score (nSPS) is 22.4. The number of carbonyl (C=O) groups is 1. The summed E-state index contributed by atoms with van der Waals surface area (Å²) in [4.78, 5) is 16.3. The number of amides is 1. The fraction of sp³-hybridized carbons (Fsp3) is 0.750. The van der Waals surface area contributed by atoms with E-state index in [2.05, 4.69) is 14.7 Å². The number of nitrogens with one attached hydrogen (secondary N) is 1. The summed E-state index contributed by atoms with van der Waals surface area (Å²) in [7, 11) is 0. The highest BCUT2D eigenvalue weighted by molar-refractivity contribution is 7.09. The van der Waals surface area contributed by atoms with Crippen molar-refractivity contribution in [2.45, 2.75) is 51.2 Å². The van der Waals surface area contributed by atoms with E-state index in [-0.39, 0.29) is 29.8 Å². The lowest BCUT2D eigenvalue weighted by molar-refractivity contribution is -0.126. The molecule has 8 heteroatoms. The van der Waals surface area contributed by atoms with Crippen molar-refractivity contribution in [1.29, 1.82) is 0 Å². The molecular weight excluding hydrogens is 300 g/mol. The standard InChI is InChI=1S/C12H20N4O2S.ClH/c1-12(2,3)10-15-11(19-16-10)14-9(17)8-5-4-7(6-13)18-8;/h7-8H,4-6,13H2,1-3H3,(H,14,15,16,17);1H/t7-,8+;/m1./s1. The van der Waals surface area contributed by atoms with Crippen molar-refractivity contribution >= 4 is 35.0 Å². The summed E-state index contributed by atoms with van der Waals surface area (Å²) in [5.41, 5.74) is 5.41. The maximum absolute atomic E-state index is 12.0. The van der Waals surface area contributed by atoms with Crippen molar-refractivity contribution in [3.63, 3.8) is 0 Å². The third kappa shape index (κ3) is 4.12. The number of anilines is 1. The minimum Gasteiger partial charge on any atom is -0.364 e. The second-order valence-electron chi connectivity index (χ2n) is 5.72. The molecule has 2 heterocycles. The number of nitrogens with two attached hydrogens (primary N) is 1. The van der Waals surface area contributed by atoms with Gasteiger partial charge in [0.1, 0.15) is 11.9 Å². The number of halogens is 1. The van der Waals surface area contributed by atoms with Crippen molar-refractivity contribution < 1.29 is 9.53 Å². The molecule has 0 saturated carbocycles. The molecule has 1 amide bonds. The first kappa shape index (κ1) is 17.3. The van der Waals surface area contributed by atoms with Gasteiger partial charge in [-0.05, 0) is 12.8 Å². The first-order valence-electron chi connectivity index (χ1n) is 6.40. The molecule has 1 fully saturated rings. The van der Waals surface area contributed by atoms with Crippen LogP contribution in [0.3, 0.4) is 0 Å². The van der Waals surface area contributed by atoms with Crippen molar-refractivity contribution in [3.8, 4) is 0 Å². The predicted molar refractivity (Wildman–Crippen MR) is 81.4 cm³/mol. The summed E-state index contributed by atoms with van der Waals surface area (Å²) in [6.45, 7) is 6.56. The Balaban J connectivity index is 0.00000200. The largest absolute Gasteiger partial charge is 0.364 e. The Morgan fingerprint density at radius 2 is 2.20 bits per heavy atom. The van der Waals surface area contributed by atoms with Gasteiger partial charge in [0, 0.05) is 23.5 Å². The Morgan fingerprint density at radius 1 is 1.50 bits per heavy atom. The Hall–Kier alpha value is -0.760. The van der Waals surface area contributed by atoms with Gasteiger partial charge in [-0.2, -0.15) is 4.37 Å². The van der Waals surface area contributed by atoms with Gasteiger partial charge >= 0.3 is 0 Å². The van der Waals surface area contributed by atoms with Crippen molar-refractivity contribution in [2.75, 3.05) is 11.9 Å². The van der Waals surface area contributed by atoms with Gasteiger partial charge in [-0.15, -0.1) is 12.4 Å². The minimum atomic E-state index is -0.421. The molecule has 6 nitrogen and oxygen atoms in total. The lowest BCUT2D eigenvalue weighted by Gasteiger charge is -2.12. The van der Waals surface area contributed by atoms with E-state index in [0.717, 1.165) is 12.2 Å². The van der Waals surface area contributed by atoms with E-state index >= 15 is 0 Å². The van der Waals surface area contributed by atoms with Gasteiger partial charge in [0.15, 0.2) is 0 Å². The van der Waals surface area contributed by atoms with Gasteiger partial charge in [0.2, 0.25) is 5.13 Å². The highest BCUT2D eigenvalue weighted by Gasteiger charge is 2.30. The first-order valence-corrected chi connectivity index (χ1v) is 7.18. The summed E-state index contributed by atoms with van der Waals surface area (Å²) in [6.07, 6.45) is 1.11. The molecule has 2 rings (SSSR count). The molecule has 0 bridgehead atoms. The molecule has 1 aromatic heterocycles. The quantitative estimate of drug-likeness (QED) is 0.884. The van der Waals surface area contributed by atoms with Crippen LogP contribution in [0.15, 0.2) is 0 Å². The zero-order chi connectivity index (χ0) is 14.0. The molecule has 0 aromatic carbocycles. The van der Waals surface area contributed by atoms with Gasteiger partial charge in [0.25, 0.3) is 5.91 Å². The monoisotopic (exact) mass is 320 g/mol. The second-order valence-corrected chi connectivity index (χ2v) is 6.47. The SMILES string of the molecule is CC(C)(C)c1nsc(NC(=O)[C@@H]2CC[C@H](CN)O2)n1.Cl. The van der Waals surface area contributed by atoms with E-state index in [1.165, 1.54) is 11.5 Å². The molecule has 0 spiro atoms. The number of aromatic nitrogens is 2. The van der Waals surface area contributed by atoms with Crippen LogP contribution in [0.4, 0.5) is 5.13 Å². The van der Waals surface area contributed by atoms with Crippen LogP contribution in [0.1, 0.15) is 39.4 Å². The van der Waals surface area contributed by atoms with Gasteiger partial charge in [-0.3, -0.25) is 10.1 Å². The zero-order valence-corrected chi connectivity index (χ0v) is 13.5. The molecule has 0 unspecified atom stereocenters. The molecule has 1 aliphatic rings. The molecule has 114 valence electrons. The minimum absolute atomic E-state index is 0. The van der Waals surface area contributed by atoms with Gasteiger partial charge in [-0.1, -0.05) is 20.8 Å². The highest BCUT2D eigenvalue weighted by atomic mass is 35.5. The number of ether oxygens (including phenoxy) is 1. The molecule has 1 aliphatic heterocycles. The lowest BCUT2D eigenvalue weighted by atomic mass is 9.96. The number of carbonyl (C=O) groups excluding carboxylic acids is 1. The summed E-state index contributed by atoms with van der Waals surface area (Å²) in [5.74, 6) is 0.576. The van der Waals surface area contributed by atoms with E-state index in [1.54, 1.807) is 0 Å². The Bertz CT molecular complexity index is 461. The number of nitrogens with zero attached hydrogens (tertiary/aromatic N) is 2. The van der Waals surface area contributed by atoms with E-state index < -0.39 is 6.10 Å². The van der Waals surface area contributed by atoms with E-state index in [4.69, 9.17) is 10.5 Å². The third-order valence-electron chi connectivity index (χ3n) is 2.99. The molecule has 0 aliphatic carbocycles. The van der Waals surface area contributed by atoms with Crippen molar-refractivity contribution in [1.82, 2.24) is 9.36 Å². The van der Waals surface area contributed by atoms with Crippen LogP contribution in [-0.4, -0.2) is 34.0 Å². The molecule has 3 N–H and O–H groups in total. The van der Waals surface area contributed by atoms with Gasteiger partial charge in [0.05, 0.1) is 6.10 Å². The highest BCUT2D eigenvalue weighted by Crippen LogP contribution is 2.24. The van der Waals surface area contributed by atoms with Gasteiger partial charge < -0.3 is 10.5 Å². The van der Waals surface area contributed by atoms with Crippen LogP contribution in [0.5, 0.6) is 0 Å². The Labute approximate surface area is 129 Å². The average molecular weight is 321 g/mol. The van der Waals surface area contributed by atoms with Gasteiger partial charge in [-0.25, -0.2) is 4.98 Å². The number of hydrogen-bond donors (Lipinski definition) is 2. The Kier molecular flexibility index (Phi) is 5.88. The maximum atomic E-state index is 12.0. The predicted octanol–water partition coefficient (Wildman–Crippen LogP) is 1.70. The van der Waals surface area contributed by atoms with Crippen LogP contribution >= 0.6 is 23.9 Å². The van der Waals surface area contributed by atoms with Crippen molar-refractivity contribution in [3.05, 3.63) is 5.82 Å². The average Bonchev–Trinajstić information content (AvgIpc) is 2.95. The fourth-order valence-corrected chi connectivity index (χ4v) is 2.60. The third-order valence-corrected chi connectivity index (χ3v) is 3.62. The molecule has 2 atom stereocenters. The molecule has 1 aromatic rings. The lowest BCUT2D eigenvalue weighted by Crippen LogP contribution is -2.29. The number of hydrogen-bond acceptors (Lipinski definition) is 6. The Morgan fingerprint density at radius 3 is 2.70 bits per heavy atom. The second kappa shape index (κ2) is 6.80.